The van der Waals surface area contributed by atoms with E-state index in [1.54, 1.807) is 24.3 Å². The van der Waals surface area contributed by atoms with Gasteiger partial charge in [0.2, 0.25) is 11.8 Å². The van der Waals surface area contributed by atoms with Crippen LogP contribution >= 0.6 is 0 Å². The van der Waals surface area contributed by atoms with Crippen molar-refractivity contribution >= 4 is 23.9 Å². The summed E-state index contributed by atoms with van der Waals surface area (Å²) in [5.41, 5.74) is 3.08. The van der Waals surface area contributed by atoms with Crippen molar-refractivity contribution < 1.29 is 29.0 Å². The lowest BCUT2D eigenvalue weighted by Gasteiger charge is -2.25. The summed E-state index contributed by atoms with van der Waals surface area (Å²) < 4.78 is 5.36. The number of carbonyl (C=O) groups excluding carboxylic acids is 3. The van der Waals surface area contributed by atoms with Gasteiger partial charge >= 0.3 is 12.1 Å². The highest BCUT2D eigenvalue weighted by atomic mass is 16.5. The third-order valence-electron chi connectivity index (χ3n) is 6.92. The van der Waals surface area contributed by atoms with Gasteiger partial charge in [0.1, 0.15) is 24.7 Å². The molecule has 226 valence electrons. The molecule has 9 heteroatoms. The van der Waals surface area contributed by atoms with E-state index in [1.807, 2.05) is 97.1 Å². The number of hydrogen-bond donors (Lipinski definition) is 4. The Bertz CT molecular complexity index is 1500. The number of ether oxygens (including phenoxy) is 1. The predicted octanol–water partition coefficient (Wildman–Crippen LogP) is 4.06. The fourth-order valence-corrected chi connectivity index (χ4v) is 4.62. The Hall–Kier alpha value is -5.44. The standard InChI is InChI=1S/C35H35N3O6/c39-32(37-31(34(41)42)23-27-17-9-3-10-18-27)29(21-25-13-5-1-6-14-25)36-33(40)30(22-26-15-7-2-8-16-26)38-35(43)44-24-28-19-11-4-12-20-28/h1-20,29-31H,21-24H2,(H,36,40)(H,37,39)(H,38,43)(H,41,42). The SMILES string of the molecule is O=C(NC(Cc1ccccc1)C(=O)NC(Cc1ccccc1)C(=O)NC(Cc1ccccc1)C(=O)O)OCc1ccccc1. The minimum atomic E-state index is -1.22. The molecule has 0 heterocycles. The summed E-state index contributed by atoms with van der Waals surface area (Å²) >= 11 is 0. The van der Waals surface area contributed by atoms with Crippen molar-refractivity contribution in [1.82, 2.24) is 16.0 Å². The number of amides is 3. The number of aliphatic carboxylic acids is 1. The number of alkyl carbamates (subject to hydrolysis) is 1. The molecule has 0 fully saturated rings. The Morgan fingerprint density at radius 2 is 0.841 bits per heavy atom. The maximum Gasteiger partial charge on any atom is 0.408 e. The molecule has 0 saturated carbocycles. The number of nitrogens with one attached hydrogen (secondary N) is 3. The maximum absolute atomic E-state index is 13.7. The van der Waals surface area contributed by atoms with Crippen LogP contribution in [0.2, 0.25) is 0 Å². The van der Waals surface area contributed by atoms with Crippen molar-refractivity contribution in [2.45, 2.75) is 44.0 Å². The normalized spacial score (nSPS) is 12.6. The molecular formula is C35H35N3O6. The minimum Gasteiger partial charge on any atom is -0.480 e. The van der Waals surface area contributed by atoms with Gasteiger partial charge in [-0.2, -0.15) is 0 Å². The molecule has 0 aromatic heterocycles. The number of rotatable bonds is 14. The molecule has 0 bridgehead atoms. The second-order valence-corrected chi connectivity index (χ2v) is 10.3. The quantitative estimate of drug-likeness (QED) is 0.174. The van der Waals surface area contributed by atoms with Crippen LogP contribution in [0, 0.1) is 0 Å². The lowest BCUT2D eigenvalue weighted by molar-refractivity contribution is -0.142. The van der Waals surface area contributed by atoms with Gasteiger partial charge in [0.05, 0.1) is 0 Å². The van der Waals surface area contributed by atoms with Crippen molar-refractivity contribution in [3.8, 4) is 0 Å². The smallest absolute Gasteiger partial charge is 0.408 e. The van der Waals surface area contributed by atoms with Crippen LogP contribution in [0.25, 0.3) is 0 Å². The second kappa shape index (κ2) is 16.3. The van der Waals surface area contributed by atoms with Gasteiger partial charge in [-0.1, -0.05) is 121 Å². The van der Waals surface area contributed by atoms with E-state index in [2.05, 4.69) is 16.0 Å². The van der Waals surface area contributed by atoms with Crippen LogP contribution in [0.4, 0.5) is 4.79 Å². The average molecular weight is 594 g/mol. The molecule has 3 unspecified atom stereocenters. The van der Waals surface area contributed by atoms with E-state index >= 15 is 0 Å². The average Bonchev–Trinajstić information content (AvgIpc) is 3.04. The van der Waals surface area contributed by atoms with Gasteiger partial charge in [-0.3, -0.25) is 9.59 Å². The Balaban J connectivity index is 1.51. The number of carboxylic acid groups (broad SMARTS) is 1. The van der Waals surface area contributed by atoms with E-state index < -0.39 is 42.0 Å². The highest BCUT2D eigenvalue weighted by Crippen LogP contribution is 2.10. The summed E-state index contributed by atoms with van der Waals surface area (Å²) in [5.74, 6) is -2.47. The van der Waals surface area contributed by atoms with Gasteiger partial charge < -0.3 is 25.8 Å². The topological polar surface area (TPSA) is 134 Å². The fourth-order valence-electron chi connectivity index (χ4n) is 4.62. The number of carboxylic acids is 1. The summed E-state index contributed by atoms with van der Waals surface area (Å²) in [6.45, 7) is 0.0172. The molecule has 0 saturated heterocycles. The predicted molar refractivity (Wildman–Crippen MR) is 165 cm³/mol. The second-order valence-electron chi connectivity index (χ2n) is 10.3. The van der Waals surface area contributed by atoms with E-state index in [-0.39, 0.29) is 25.9 Å². The molecule has 4 rings (SSSR count). The van der Waals surface area contributed by atoms with Crippen molar-refractivity contribution in [2.24, 2.45) is 0 Å². The third kappa shape index (κ3) is 10.1. The van der Waals surface area contributed by atoms with E-state index in [9.17, 15) is 24.3 Å². The molecule has 0 aliphatic carbocycles. The van der Waals surface area contributed by atoms with Crippen molar-refractivity contribution in [1.29, 1.82) is 0 Å². The summed E-state index contributed by atoms with van der Waals surface area (Å²) in [7, 11) is 0. The van der Waals surface area contributed by atoms with Crippen LogP contribution in [0.5, 0.6) is 0 Å². The molecule has 0 aliphatic rings. The van der Waals surface area contributed by atoms with Crippen LogP contribution in [-0.2, 0) is 45.0 Å². The maximum atomic E-state index is 13.7. The summed E-state index contributed by atoms with van der Waals surface area (Å²) in [4.78, 5) is 52.1. The van der Waals surface area contributed by atoms with E-state index in [1.165, 1.54) is 0 Å². The van der Waals surface area contributed by atoms with Crippen LogP contribution in [-0.4, -0.2) is 47.1 Å². The molecule has 9 nitrogen and oxygen atoms in total. The largest absolute Gasteiger partial charge is 0.480 e. The van der Waals surface area contributed by atoms with Crippen molar-refractivity contribution in [2.75, 3.05) is 0 Å². The van der Waals surface area contributed by atoms with Crippen LogP contribution in [0.15, 0.2) is 121 Å². The van der Waals surface area contributed by atoms with Crippen LogP contribution in [0.3, 0.4) is 0 Å². The highest BCUT2D eigenvalue weighted by molar-refractivity contribution is 5.93. The zero-order chi connectivity index (χ0) is 31.1. The summed E-state index contributed by atoms with van der Waals surface area (Å²) in [6, 6.07) is 32.9. The third-order valence-corrected chi connectivity index (χ3v) is 6.92. The Morgan fingerprint density at radius 3 is 1.25 bits per heavy atom. The van der Waals surface area contributed by atoms with Gasteiger partial charge in [-0.15, -0.1) is 0 Å². The van der Waals surface area contributed by atoms with Gasteiger partial charge in [0, 0.05) is 19.3 Å². The van der Waals surface area contributed by atoms with Gasteiger partial charge in [-0.05, 0) is 22.3 Å². The van der Waals surface area contributed by atoms with Crippen molar-refractivity contribution in [3.63, 3.8) is 0 Å². The highest BCUT2D eigenvalue weighted by Gasteiger charge is 2.30. The van der Waals surface area contributed by atoms with Crippen LogP contribution < -0.4 is 16.0 Å². The molecule has 0 aliphatic heterocycles. The first-order valence-corrected chi connectivity index (χ1v) is 14.3. The molecule has 4 aromatic rings. The Kier molecular flexibility index (Phi) is 11.6. The number of benzene rings is 4. The zero-order valence-corrected chi connectivity index (χ0v) is 24.1. The minimum absolute atomic E-state index is 0.0172. The molecule has 44 heavy (non-hydrogen) atoms. The molecule has 0 spiro atoms. The number of hydrogen-bond acceptors (Lipinski definition) is 5. The van der Waals surface area contributed by atoms with E-state index in [0.29, 0.717) is 0 Å². The lowest BCUT2D eigenvalue weighted by atomic mass is 10.0. The first-order chi connectivity index (χ1) is 21.4. The van der Waals surface area contributed by atoms with Crippen LogP contribution in [0.1, 0.15) is 22.3 Å². The molecular weight excluding hydrogens is 558 g/mol. The monoisotopic (exact) mass is 593 g/mol. The van der Waals surface area contributed by atoms with Gasteiger partial charge in [0.25, 0.3) is 0 Å². The van der Waals surface area contributed by atoms with E-state index in [0.717, 1.165) is 22.3 Å². The van der Waals surface area contributed by atoms with E-state index in [4.69, 9.17) is 4.74 Å². The molecule has 3 atom stereocenters. The van der Waals surface area contributed by atoms with Gasteiger partial charge in [0.15, 0.2) is 0 Å². The fraction of sp³-hybridized carbons (Fsp3) is 0.200. The van der Waals surface area contributed by atoms with Gasteiger partial charge in [-0.25, -0.2) is 9.59 Å². The molecule has 0 radical (unpaired) electrons. The lowest BCUT2D eigenvalue weighted by Crippen LogP contribution is -2.57. The first-order valence-electron chi connectivity index (χ1n) is 14.3. The zero-order valence-electron chi connectivity index (χ0n) is 24.1. The van der Waals surface area contributed by atoms with Crippen molar-refractivity contribution in [3.05, 3.63) is 144 Å². The Morgan fingerprint density at radius 1 is 0.500 bits per heavy atom. The molecule has 4 N–H and O–H groups in total. The molecule has 4 aromatic carbocycles. The summed E-state index contributed by atoms with van der Waals surface area (Å²) in [5, 5.41) is 17.8. The Labute approximate surface area is 256 Å². The number of carbonyl (C=O) groups is 4. The molecule has 3 amide bonds. The summed E-state index contributed by atoms with van der Waals surface area (Å²) in [6.07, 6.45) is -0.479. The first kappa shape index (κ1) is 31.5.